The summed E-state index contributed by atoms with van der Waals surface area (Å²) in [5.41, 5.74) is 6.35. The maximum absolute atomic E-state index is 6.35. The molecule has 1 saturated carbocycles. The lowest BCUT2D eigenvalue weighted by molar-refractivity contribution is 0.128. The molecule has 2 aliphatic rings. The predicted molar refractivity (Wildman–Crippen MR) is 69.2 cm³/mol. The molecular formula is C14H28N2. The standard InChI is InChI=1S/C14H28N2/c1-10-4-5-16(8-10)9-13-12(3)6-11(2)7-14(13)15/h10-14H,4-9,15H2,1-3H3. The minimum Gasteiger partial charge on any atom is -0.327 e. The topological polar surface area (TPSA) is 29.3 Å². The van der Waals surface area contributed by atoms with Crippen molar-refractivity contribution in [2.75, 3.05) is 19.6 Å². The molecule has 0 amide bonds. The van der Waals surface area contributed by atoms with E-state index < -0.39 is 0 Å². The molecule has 0 spiro atoms. The zero-order chi connectivity index (χ0) is 11.7. The number of rotatable bonds is 2. The zero-order valence-electron chi connectivity index (χ0n) is 11.2. The Kier molecular flexibility index (Phi) is 3.91. The Morgan fingerprint density at radius 3 is 2.44 bits per heavy atom. The molecule has 0 radical (unpaired) electrons. The minimum absolute atomic E-state index is 0.439. The highest BCUT2D eigenvalue weighted by Crippen LogP contribution is 2.34. The van der Waals surface area contributed by atoms with Gasteiger partial charge in [0.15, 0.2) is 0 Å². The number of nitrogens with two attached hydrogens (primary N) is 1. The fourth-order valence-electron chi connectivity index (χ4n) is 3.77. The second kappa shape index (κ2) is 5.05. The molecule has 0 aromatic rings. The van der Waals surface area contributed by atoms with Crippen LogP contribution in [0.5, 0.6) is 0 Å². The third kappa shape index (κ3) is 2.78. The average molecular weight is 224 g/mol. The first-order valence-corrected chi connectivity index (χ1v) is 7.04. The van der Waals surface area contributed by atoms with E-state index in [1.807, 2.05) is 0 Å². The third-order valence-corrected chi connectivity index (χ3v) is 4.71. The second-order valence-corrected chi connectivity index (χ2v) is 6.53. The molecule has 1 aliphatic carbocycles. The molecule has 16 heavy (non-hydrogen) atoms. The molecule has 2 fully saturated rings. The zero-order valence-corrected chi connectivity index (χ0v) is 11.2. The van der Waals surface area contributed by atoms with Crippen molar-refractivity contribution in [2.24, 2.45) is 29.4 Å². The van der Waals surface area contributed by atoms with Gasteiger partial charge in [-0.25, -0.2) is 0 Å². The van der Waals surface area contributed by atoms with Crippen LogP contribution in [-0.2, 0) is 0 Å². The van der Waals surface area contributed by atoms with Crippen molar-refractivity contribution in [2.45, 2.75) is 46.1 Å². The van der Waals surface area contributed by atoms with Crippen molar-refractivity contribution in [3.05, 3.63) is 0 Å². The minimum atomic E-state index is 0.439. The highest BCUT2D eigenvalue weighted by atomic mass is 15.1. The van der Waals surface area contributed by atoms with Gasteiger partial charge in [-0.15, -0.1) is 0 Å². The fourth-order valence-corrected chi connectivity index (χ4v) is 3.77. The van der Waals surface area contributed by atoms with Crippen molar-refractivity contribution in [1.29, 1.82) is 0 Å². The van der Waals surface area contributed by atoms with Gasteiger partial charge in [-0.05, 0) is 49.5 Å². The van der Waals surface area contributed by atoms with Gasteiger partial charge in [0.25, 0.3) is 0 Å². The third-order valence-electron chi connectivity index (χ3n) is 4.71. The van der Waals surface area contributed by atoms with Crippen LogP contribution in [-0.4, -0.2) is 30.6 Å². The van der Waals surface area contributed by atoms with Crippen molar-refractivity contribution < 1.29 is 0 Å². The van der Waals surface area contributed by atoms with Gasteiger partial charge in [0, 0.05) is 19.1 Å². The quantitative estimate of drug-likeness (QED) is 0.780. The molecular weight excluding hydrogens is 196 g/mol. The molecule has 2 nitrogen and oxygen atoms in total. The number of likely N-dealkylation sites (tertiary alicyclic amines) is 1. The van der Waals surface area contributed by atoms with Crippen molar-refractivity contribution >= 4 is 0 Å². The van der Waals surface area contributed by atoms with Crippen LogP contribution in [0.1, 0.15) is 40.0 Å². The Hall–Kier alpha value is -0.0800. The number of hydrogen-bond acceptors (Lipinski definition) is 2. The van der Waals surface area contributed by atoms with Gasteiger partial charge in [-0.2, -0.15) is 0 Å². The van der Waals surface area contributed by atoms with Crippen LogP contribution in [0.3, 0.4) is 0 Å². The molecule has 0 bridgehead atoms. The summed E-state index contributed by atoms with van der Waals surface area (Å²) in [5.74, 6) is 3.28. The predicted octanol–water partition coefficient (Wildman–Crippen LogP) is 2.34. The maximum Gasteiger partial charge on any atom is 0.00844 e. The summed E-state index contributed by atoms with van der Waals surface area (Å²) in [6.45, 7) is 11.0. The normalized spacial score (nSPS) is 46.1. The largest absolute Gasteiger partial charge is 0.327 e. The summed E-state index contributed by atoms with van der Waals surface area (Å²) in [7, 11) is 0. The summed E-state index contributed by atoms with van der Waals surface area (Å²) in [6.07, 6.45) is 3.99. The maximum atomic E-state index is 6.35. The van der Waals surface area contributed by atoms with Gasteiger partial charge in [-0.3, -0.25) is 0 Å². The first kappa shape index (κ1) is 12.4. The molecule has 5 atom stereocenters. The molecule has 2 heteroatoms. The van der Waals surface area contributed by atoms with Gasteiger partial charge in [-0.1, -0.05) is 20.8 Å². The average Bonchev–Trinajstić information content (AvgIpc) is 2.58. The molecule has 2 N–H and O–H groups in total. The van der Waals surface area contributed by atoms with Crippen LogP contribution in [0.2, 0.25) is 0 Å². The van der Waals surface area contributed by atoms with E-state index in [-0.39, 0.29) is 0 Å². The van der Waals surface area contributed by atoms with E-state index in [9.17, 15) is 0 Å². The highest BCUT2D eigenvalue weighted by molar-refractivity contribution is 4.88. The SMILES string of the molecule is CC1CC(C)C(CN2CCC(C)C2)C(N)C1. The first-order valence-electron chi connectivity index (χ1n) is 7.04. The van der Waals surface area contributed by atoms with Crippen LogP contribution < -0.4 is 5.73 Å². The van der Waals surface area contributed by atoms with Crippen molar-refractivity contribution in [3.8, 4) is 0 Å². The first-order chi connectivity index (χ1) is 7.56. The van der Waals surface area contributed by atoms with Gasteiger partial charge in [0.05, 0.1) is 0 Å². The molecule has 5 unspecified atom stereocenters. The van der Waals surface area contributed by atoms with Crippen LogP contribution in [0, 0.1) is 23.7 Å². The van der Waals surface area contributed by atoms with Crippen molar-refractivity contribution in [3.63, 3.8) is 0 Å². The van der Waals surface area contributed by atoms with Crippen LogP contribution in [0.4, 0.5) is 0 Å². The fraction of sp³-hybridized carbons (Fsp3) is 1.00. The summed E-state index contributed by atoms with van der Waals surface area (Å²) < 4.78 is 0. The lowest BCUT2D eigenvalue weighted by Crippen LogP contribution is -2.46. The highest BCUT2D eigenvalue weighted by Gasteiger charge is 2.33. The molecule has 0 aromatic carbocycles. The number of nitrogens with zero attached hydrogens (tertiary/aromatic N) is 1. The van der Waals surface area contributed by atoms with E-state index in [2.05, 4.69) is 25.7 Å². The van der Waals surface area contributed by atoms with Gasteiger partial charge >= 0.3 is 0 Å². The molecule has 0 aromatic heterocycles. The molecule has 2 rings (SSSR count). The molecule has 1 saturated heterocycles. The van der Waals surface area contributed by atoms with Gasteiger partial charge in [0.2, 0.25) is 0 Å². The summed E-state index contributed by atoms with van der Waals surface area (Å²) in [5, 5.41) is 0. The van der Waals surface area contributed by atoms with Crippen LogP contribution in [0.15, 0.2) is 0 Å². The van der Waals surface area contributed by atoms with E-state index in [4.69, 9.17) is 5.73 Å². The Morgan fingerprint density at radius 2 is 1.88 bits per heavy atom. The Morgan fingerprint density at radius 1 is 1.12 bits per heavy atom. The molecule has 1 aliphatic heterocycles. The Bertz CT molecular complexity index is 217. The van der Waals surface area contributed by atoms with E-state index in [1.165, 1.54) is 38.9 Å². The van der Waals surface area contributed by atoms with Gasteiger partial charge in [0.1, 0.15) is 0 Å². The Labute approximate surface area is 101 Å². The van der Waals surface area contributed by atoms with Crippen molar-refractivity contribution in [1.82, 2.24) is 4.90 Å². The summed E-state index contributed by atoms with van der Waals surface area (Å²) in [4.78, 5) is 2.64. The number of hydrogen-bond donors (Lipinski definition) is 1. The smallest absolute Gasteiger partial charge is 0.00844 e. The van der Waals surface area contributed by atoms with E-state index in [1.54, 1.807) is 0 Å². The van der Waals surface area contributed by atoms with E-state index in [0.29, 0.717) is 6.04 Å². The van der Waals surface area contributed by atoms with Crippen LogP contribution >= 0.6 is 0 Å². The van der Waals surface area contributed by atoms with Gasteiger partial charge < -0.3 is 10.6 Å². The van der Waals surface area contributed by atoms with E-state index in [0.717, 1.165) is 23.7 Å². The second-order valence-electron chi connectivity index (χ2n) is 6.53. The summed E-state index contributed by atoms with van der Waals surface area (Å²) >= 11 is 0. The molecule has 1 heterocycles. The lowest BCUT2D eigenvalue weighted by Gasteiger charge is -2.39. The monoisotopic (exact) mass is 224 g/mol. The summed E-state index contributed by atoms with van der Waals surface area (Å²) in [6, 6.07) is 0.439. The van der Waals surface area contributed by atoms with Crippen LogP contribution in [0.25, 0.3) is 0 Å². The molecule has 94 valence electrons. The lowest BCUT2D eigenvalue weighted by atomic mass is 9.72. The Balaban J connectivity index is 1.88. The van der Waals surface area contributed by atoms with E-state index >= 15 is 0 Å².